The zero-order chi connectivity index (χ0) is 16.3. The van der Waals surface area contributed by atoms with E-state index < -0.39 is 14.9 Å². The van der Waals surface area contributed by atoms with Crippen molar-refractivity contribution in [1.29, 1.82) is 0 Å². The molecule has 1 aliphatic heterocycles. The van der Waals surface area contributed by atoms with Crippen LogP contribution in [0.5, 0.6) is 5.75 Å². The predicted molar refractivity (Wildman–Crippen MR) is 80.4 cm³/mol. The molecular formula is C13H19N3O5S. The molecule has 1 aromatic rings. The van der Waals surface area contributed by atoms with Crippen LogP contribution in [0, 0.1) is 16.0 Å². The number of methoxy groups -OCH3 is 1. The van der Waals surface area contributed by atoms with E-state index in [1.807, 2.05) is 7.05 Å². The van der Waals surface area contributed by atoms with Gasteiger partial charge in [0.15, 0.2) is 5.75 Å². The van der Waals surface area contributed by atoms with Crippen LogP contribution in [0.25, 0.3) is 0 Å². The third-order valence-electron chi connectivity index (χ3n) is 3.73. The van der Waals surface area contributed by atoms with Crippen LogP contribution in [0.4, 0.5) is 5.69 Å². The molecule has 1 aliphatic rings. The smallest absolute Gasteiger partial charge is 0.310 e. The highest BCUT2D eigenvalue weighted by Gasteiger charge is 2.33. The maximum absolute atomic E-state index is 12.6. The first-order chi connectivity index (χ1) is 10.4. The number of ether oxygens (including phenoxy) is 1. The molecule has 0 spiro atoms. The highest BCUT2D eigenvalue weighted by atomic mass is 32.2. The van der Waals surface area contributed by atoms with E-state index in [1.54, 1.807) is 0 Å². The lowest BCUT2D eigenvalue weighted by atomic mass is 10.1. The Balaban J connectivity index is 2.29. The van der Waals surface area contributed by atoms with Crippen LogP contribution in [0.1, 0.15) is 6.42 Å². The second-order valence-electron chi connectivity index (χ2n) is 5.17. The summed E-state index contributed by atoms with van der Waals surface area (Å²) in [5.41, 5.74) is -0.254. The average molecular weight is 329 g/mol. The first-order valence-corrected chi connectivity index (χ1v) is 8.31. The fourth-order valence-electron chi connectivity index (χ4n) is 2.59. The Morgan fingerprint density at radius 2 is 2.23 bits per heavy atom. The average Bonchev–Trinajstić information content (AvgIpc) is 2.96. The molecule has 122 valence electrons. The molecule has 0 bridgehead atoms. The first kappa shape index (κ1) is 16.7. The van der Waals surface area contributed by atoms with E-state index in [4.69, 9.17) is 4.74 Å². The van der Waals surface area contributed by atoms with Gasteiger partial charge in [-0.2, -0.15) is 4.31 Å². The monoisotopic (exact) mass is 329 g/mol. The van der Waals surface area contributed by atoms with Crippen molar-refractivity contribution in [2.24, 2.45) is 5.92 Å². The summed E-state index contributed by atoms with van der Waals surface area (Å²) >= 11 is 0. The Labute approximate surface area is 129 Å². The molecular weight excluding hydrogens is 310 g/mol. The van der Waals surface area contributed by atoms with E-state index in [-0.39, 0.29) is 22.3 Å². The van der Waals surface area contributed by atoms with Gasteiger partial charge in [-0.25, -0.2) is 8.42 Å². The number of rotatable bonds is 6. The lowest BCUT2D eigenvalue weighted by Gasteiger charge is -2.17. The molecule has 1 unspecified atom stereocenters. The van der Waals surface area contributed by atoms with Crippen LogP contribution in [-0.4, -0.2) is 51.4 Å². The van der Waals surface area contributed by atoms with Gasteiger partial charge in [0.2, 0.25) is 10.0 Å². The Bertz CT molecular complexity index is 662. The Hall–Kier alpha value is -1.71. The van der Waals surface area contributed by atoms with Gasteiger partial charge in [0.05, 0.1) is 16.9 Å². The minimum atomic E-state index is -3.66. The molecule has 1 aromatic carbocycles. The van der Waals surface area contributed by atoms with Crippen LogP contribution in [0.15, 0.2) is 23.1 Å². The zero-order valence-electron chi connectivity index (χ0n) is 12.5. The highest BCUT2D eigenvalue weighted by molar-refractivity contribution is 7.89. The number of nitro groups is 1. The molecule has 0 saturated carbocycles. The van der Waals surface area contributed by atoms with E-state index in [0.29, 0.717) is 13.1 Å². The fourth-order valence-corrected chi connectivity index (χ4v) is 4.14. The van der Waals surface area contributed by atoms with Crippen molar-refractivity contribution in [2.75, 3.05) is 33.8 Å². The number of hydrogen-bond donors (Lipinski definition) is 1. The number of sulfonamides is 1. The lowest BCUT2D eigenvalue weighted by molar-refractivity contribution is -0.385. The molecule has 1 fully saturated rings. The molecule has 1 N–H and O–H groups in total. The van der Waals surface area contributed by atoms with Crippen LogP contribution >= 0.6 is 0 Å². The van der Waals surface area contributed by atoms with Gasteiger partial charge in [-0.15, -0.1) is 0 Å². The van der Waals surface area contributed by atoms with Gasteiger partial charge in [-0.3, -0.25) is 10.1 Å². The van der Waals surface area contributed by atoms with E-state index >= 15 is 0 Å². The molecule has 0 aliphatic carbocycles. The summed E-state index contributed by atoms with van der Waals surface area (Å²) in [7, 11) is -0.555. The van der Waals surface area contributed by atoms with Crippen molar-refractivity contribution in [3.63, 3.8) is 0 Å². The highest BCUT2D eigenvalue weighted by Crippen LogP contribution is 2.32. The summed E-state index contributed by atoms with van der Waals surface area (Å²) in [5, 5.41) is 13.9. The number of hydrogen-bond acceptors (Lipinski definition) is 6. The molecule has 1 atom stereocenters. The standard InChI is InChI=1S/C13H19N3O5S/c1-14-8-10-5-6-15(9-10)22(19,20)11-3-4-12(16(17)18)13(7-11)21-2/h3-4,7,10,14H,5-6,8-9H2,1-2H3. The summed E-state index contributed by atoms with van der Waals surface area (Å²) in [4.78, 5) is 10.3. The van der Waals surface area contributed by atoms with Gasteiger partial charge in [0, 0.05) is 25.2 Å². The molecule has 0 aromatic heterocycles. The largest absolute Gasteiger partial charge is 0.490 e. The van der Waals surface area contributed by atoms with Crippen molar-refractivity contribution >= 4 is 15.7 Å². The van der Waals surface area contributed by atoms with Gasteiger partial charge < -0.3 is 10.1 Å². The van der Waals surface area contributed by atoms with E-state index in [9.17, 15) is 18.5 Å². The normalized spacial score (nSPS) is 19.3. The summed E-state index contributed by atoms with van der Waals surface area (Å²) in [6.45, 7) is 1.66. The third kappa shape index (κ3) is 3.21. The Kier molecular flexibility index (Phi) is 4.99. The summed E-state index contributed by atoms with van der Waals surface area (Å²) in [5.74, 6) is 0.219. The maximum atomic E-state index is 12.6. The van der Waals surface area contributed by atoms with Crippen molar-refractivity contribution < 1.29 is 18.1 Å². The maximum Gasteiger partial charge on any atom is 0.310 e. The van der Waals surface area contributed by atoms with Gasteiger partial charge >= 0.3 is 5.69 Å². The zero-order valence-corrected chi connectivity index (χ0v) is 13.3. The quantitative estimate of drug-likeness (QED) is 0.613. The molecule has 8 nitrogen and oxygen atoms in total. The molecule has 0 radical (unpaired) electrons. The van der Waals surface area contributed by atoms with Gasteiger partial charge in [0.25, 0.3) is 0 Å². The molecule has 1 heterocycles. The summed E-state index contributed by atoms with van der Waals surface area (Å²) < 4.78 is 31.6. The van der Waals surface area contributed by atoms with Crippen LogP contribution < -0.4 is 10.1 Å². The van der Waals surface area contributed by atoms with Crippen molar-refractivity contribution in [3.05, 3.63) is 28.3 Å². The molecule has 0 amide bonds. The molecule has 1 saturated heterocycles. The second kappa shape index (κ2) is 6.59. The molecule has 22 heavy (non-hydrogen) atoms. The van der Waals surface area contributed by atoms with Crippen LogP contribution in [-0.2, 0) is 10.0 Å². The number of benzene rings is 1. The van der Waals surface area contributed by atoms with E-state index in [0.717, 1.165) is 19.0 Å². The third-order valence-corrected chi connectivity index (χ3v) is 5.59. The van der Waals surface area contributed by atoms with Crippen LogP contribution in [0.2, 0.25) is 0 Å². The minimum absolute atomic E-state index is 0.0139. The SMILES string of the molecule is CNCC1CCN(S(=O)(=O)c2ccc([N+](=O)[O-])c(OC)c2)C1. The van der Waals surface area contributed by atoms with Gasteiger partial charge in [-0.05, 0) is 32.0 Å². The number of nitrogens with one attached hydrogen (secondary N) is 1. The van der Waals surface area contributed by atoms with Crippen molar-refractivity contribution in [3.8, 4) is 5.75 Å². The summed E-state index contributed by atoms with van der Waals surface area (Å²) in [6.07, 6.45) is 0.796. The Morgan fingerprint density at radius 3 is 2.82 bits per heavy atom. The molecule has 9 heteroatoms. The van der Waals surface area contributed by atoms with Crippen molar-refractivity contribution in [1.82, 2.24) is 9.62 Å². The first-order valence-electron chi connectivity index (χ1n) is 6.87. The van der Waals surface area contributed by atoms with E-state index in [1.165, 1.54) is 23.5 Å². The number of nitro benzene ring substituents is 1. The minimum Gasteiger partial charge on any atom is -0.490 e. The van der Waals surface area contributed by atoms with Crippen molar-refractivity contribution in [2.45, 2.75) is 11.3 Å². The van der Waals surface area contributed by atoms with E-state index in [2.05, 4.69) is 5.32 Å². The topological polar surface area (TPSA) is 102 Å². The molecule has 2 rings (SSSR count). The van der Waals surface area contributed by atoms with Gasteiger partial charge in [-0.1, -0.05) is 0 Å². The fraction of sp³-hybridized carbons (Fsp3) is 0.538. The summed E-state index contributed by atoms with van der Waals surface area (Å²) in [6, 6.07) is 3.62. The lowest BCUT2D eigenvalue weighted by Crippen LogP contribution is -2.30. The van der Waals surface area contributed by atoms with Gasteiger partial charge in [0.1, 0.15) is 0 Å². The Morgan fingerprint density at radius 1 is 1.50 bits per heavy atom. The van der Waals surface area contributed by atoms with Crippen LogP contribution in [0.3, 0.4) is 0 Å². The predicted octanol–water partition coefficient (Wildman–Crippen LogP) is 0.833. The number of nitrogens with zero attached hydrogens (tertiary/aromatic N) is 2. The second-order valence-corrected chi connectivity index (χ2v) is 7.10.